The molecule has 3 aromatic carbocycles. The maximum absolute atomic E-state index is 13.3. The summed E-state index contributed by atoms with van der Waals surface area (Å²) < 4.78 is 46.3. The second-order valence-corrected chi connectivity index (χ2v) is 9.62. The topological polar surface area (TPSA) is 75.7 Å². The summed E-state index contributed by atoms with van der Waals surface area (Å²) in [5.41, 5.74) is 3.23. The molecule has 0 aromatic heterocycles. The van der Waals surface area contributed by atoms with Crippen molar-refractivity contribution in [1.82, 2.24) is 0 Å². The van der Waals surface area contributed by atoms with Gasteiger partial charge in [-0.25, -0.2) is 12.8 Å². The lowest BCUT2D eigenvalue weighted by Crippen LogP contribution is -2.35. The highest BCUT2D eigenvalue weighted by molar-refractivity contribution is 7.92. The van der Waals surface area contributed by atoms with Crippen LogP contribution < -0.4 is 14.4 Å². The Balaban J connectivity index is 1.64. The first kappa shape index (κ1) is 21.8. The predicted molar refractivity (Wildman–Crippen MR) is 121 cm³/mol. The number of benzene rings is 3. The molecule has 0 unspecified atom stereocenters. The summed E-state index contributed by atoms with van der Waals surface area (Å²) in [6, 6.07) is 14.9. The molecule has 1 N–H and O–H groups in total. The van der Waals surface area contributed by atoms with Crippen molar-refractivity contribution < 1.29 is 22.3 Å². The van der Waals surface area contributed by atoms with Crippen LogP contribution in [0.15, 0.2) is 65.6 Å². The molecule has 1 atom stereocenters. The van der Waals surface area contributed by atoms with Gasteiger partial charge in [-0.05, 0) is 86.0 Å². The summed E-state index contributed by atoms with van der Waals surface area (Å²) in [4.78, 5) is 12.9. The molecule has 1 aliphatic heterocycles. The fourth-order valence-electron chi connectivity index (χ4n) is 3.94. The van der Waals surface area contributed by atoms with Crippen molar-refractivity contribution in [2.45, 2.75) is 31.2 Å². The number of halogens is 1. The lowest BCUT2D eigenvalue weighted by atomic mass is 10.1. The summed E-state index contributed by atoms with van der Waals surface area (Å²) in [5, 5.41) is 2.86. The first-order valence-corrected chi connectivity index (χ1v) is 11.5. The number of amides is 1. The number of hydrogen-bond donors (Lipinski definition) is 1. The molecule has 1 aliphatic rings. The summed E-state index contributed by atoms with van der Waals surface area (Å²) in [5.74, 6) is -0.265. The van der Waals surface area contributed by atoms with Gasteiger partial charge in [0, 0.05) is 11.6 Å². The average molecular weight is 455 g/mol. The third-order valence-electron chi connectivity index (χ3n) is 5.47. The van der Waals surface area contributed by atoms with Gasteiger partial charge in [-0.2, -0.15) is 0 Å². The fourth-order valence-corrected chi connectivity index (χ4v) is 5.64. The Morgan fingerprint density at radius 3 is 2.50 bits per heavy atom. The van der Waals surface area contributed by atoms with Crippen molar-refractivity contribution in [3.8, 4) is 5.75 Å². The van der Waals surface area contributed by atoms with Gasteiger partial charge in [0.15, 0.2) is 0 Å². The van der Waals surface area contributed by atoms with E-state index in [1.54, 1.807) is 31.2 Å². The van der Waals surface area contributed by atoms with E-state index in [1.165, 1.54) is 23.5 Å². The first-order valence-electron chi connectivity index (χ1n) is 10.1. The minimum atomic E-state index is -3.86. The molecule has 32 heavy (non-hydrogen) atoms. The first-order chi connectivity index (χ1) is 15.2. The van der Waals surface area contributed by atoms with Crippen LogP contribution >= 0.6 is 0 Å². The van der Waals surface area contributed by atoms with Gasteiger partial charge in [-0.15, -0.1) is 0 Å². The maximum atomic E-state index is 13.3. The number of carbonyl (C=O) groups is 1. The van der Waals surface area contributed by atoms with Gasteiger partial charge in [0.25, 0.3) is 15.9 Å². The van der Waals surface area contributed by atoms with E-state index in [0.717, 1.165) is 23.3 Å². The maximum Gasteiger partial charge on any atom is 0.264 e. The van der Waals surface area contributed by atoms with Crippen LogP contribution in [0, 0.1) is 12.7 Å². The van der Waals surface area contributed by atoms with Crippen molar-refractivity contribution in [3.63, 3.8) is 0 Å². The second-order valence-electron chi connectivity index (χ2n) is 7.81. The molecule has 166 valence electrons. The van der Waals surface area contributed by atoms with Crippen molar-refractivity contribution in [3.05, 3.63) is 83.2 Å². The van der Waals surface area contributed by atoms with Gasteiger partial charge in [-0.3, -0.25) is 9.10 Å². The number of hydrogen-bond acceptors (Lipinski definition) is 4. The van der Waals surface area contributed by atoms with E-state index < -0.39 is 15.8 Å². The zero-order valence-corrected chi connectivity index (χ0v) is 18.7. The molecule has 0 bridgehead atoms. The van der Waals surface area contributed by atoms with Crippen molar-refractivity contribution in [2.24, 2.45) is 0 Å². The standard InChI is InChI=1S/C24H23FN2O4S/c1-15-4-11-23(31-3)21(12-15)26-24(28)17-5-10-22-18(14-17)13-16(2)27(22)32(29,30)20-8-6-19(25)7-9-20/h4-12,14,16H,13H2,1-3H3,(H,26,28)/t16-/m1/s1. The van der Waals surface area contributed by atoms with E-state index in [1.807, 2.05) is 19.1 Å². The van der Waals surface area contributed by atoms with E-state index in [0.29, 0.717) is 29.1 Å². The number of nitrogens with one attached hydrogen (secondary N) is 1. The van der Waals surface area contributed by atoms with Crippen LogP contribution in [-0.2, 0) is 16.4 Å². The summed E-state index contributed by atoms with van der Waals surface area (Å²) in [6.45, 7) is 3.72. The Morgan fingerprint density at radius 1 is 1.09 bits per heavy atom. The number of aryl methyl sites for hydroxylation is 1. The van der Waals surface area contributed by atoms with Gasteiger partial charge < -0.3 is 10.1 Å². The summed E-state index contributed by atoms with van der Waals surface area (Å²) >= 11 is 0. The lowest BCUT2D eigenvalue weighted by Gasteiger charge is -2.24. The molecule has 0 saturated carbocycles. The Hall–Kier alpha value is -3.39. The smallest absolute Gasteiger partial charge is 0.264 e. The second kappa shape index (κ2) is 8.27. The van der Waals surface area contributed by atoms with Crippen molar-refractivity contribution in [2.75, 3.05) is 16.7 Å². The number of ether oxygens (including phenoxy) is 1. The number of methoxy groups -OCH3 is 1. The van der Waals surface area contributed by atoms with E-state index >= 15 is 0 Å². The molecule has 8 heteroatoms. The zero-order valence-electron chi connectivity index (χ0n) is 17.9. The Bertz CT molecular complexity index is 1290. The SMILES string of the molecule is COc1ccc(C)cc1NC(=O)c1ccc2c(c1)C[C@@H](C)N2S(=O)(=O)c1ccc(F)cc1. The largest absolute Gasteiger partial charge is 0.495 e. The van der Waals surface area contributed by atoms with Crippen LogP contribution in [0.3, 0.4) is 0 Å². The predicted octanol–water partition coefficient (Wildman–Crippen LogP) is 4.53. The van der Waals surface area contributed by atoms with Gasteiger partial charge in [0.2, 0.25) is 0 Å². The lowest BCUT2D eigenvalue weighted by molar-refractivity contribution is 0.102. The summed E-state index contributed by atoms with van der Waals surface area (Å²) in [7, 11) is -2.33. The molecular weight excluding hydrogens is 431 g/mol. The highest BCUT2D eigenvalue weighted by Crippen LogP contribution is 2.37. The Labute approximate surface area is 186 Å². The molecule has 0 spiro atoms. The number of rotatable bonds is 5. The third kappa shape index (κ3) is 3.93. The van der Waals surface area contributed by atoms with Crippen LogP contribution in [0.25, 0.3) is 0 Å². The molecular formula is C24H23FN2O4S. The molecule has 1 heterocycles. The van der Waals surface area contributed by atoms with Gasteiger partial charge in [0.1, 0.15) is 11.6 Å². The van der Waals surface area contributed by atoms with E-state index in [2.05, 4.69) is 5.32 Å². The number of carbonyl (C=O) groups excluding carboxylic acids is 1. The number of sulfonamides is 1. The molecule has 0 saturated heterocycles. The van der Waals surface area contributed by atoms with E-state index in [-0.39, 0.29) is 16.8 Å². The monoisotopic (exact) mass is 454 g/mol. The van der Waals surface area contributed by atoms with Crippen LogP contribution in [-0.4, -0.2) is 27.5 Å². The normalized spacial score (nSPS) is 15.4. The van der Waals surface area contributed by atoms with Crippen LogP contribution in [0.4, 0.5) is 15.8 Å². The van der Waals surface area contributed by atoms with Crippen LogP contribution in [0.2, 0.25) is 0 Å². The Morgan fingerprint density at radius 2 is 1.81 bits per heavy atom. The van der Waals surface area contributed by atoms with Gasteiger partial charge in [-0.1, -0.05) is 6.07 Å². The molecule has 0 radical (unpaired) electrons. The highest BCUT2D eigenvalue weighted by Gasteiger charge is 2.36. The van der Waals surface area contributed by atoms with Gasteiger partial charge in [0.05, 0.1) is 23.4 Å². The molecule has 3 aromatic rings. The summed E-state index contributed by atoms with van der Waals surface area (Å²) in [6.07, 6.45) is 0.463. The number of nitrogens with zero attached hydrogens (tertiary/aromatic N) is 1. The number of anilines is 2. The van der Waals surface area contributed by atoms with E-state index in [9.17, 15) is 17.6 Å². The number of fused-ring (bicyclic) bond motifs is 1. The highest BCUT2D eigenvalue weighted by atomic mass is 32.2. The third-order valence-corrected chi connectivity index (χ3v) is 7.41. The minimum absolute atomic E-state index is 0.0203. The quantitative estimate of drug-likeness (QED) is 0.614. The zero-order chi connectivity index (χ0) is 23.0. The molecule has 0 aliphatic carbocycles. The Kier molecular flexibility index (Phi) is 5.64. The minimum Gasteiger partial charge on any atom is -0.495 e. The molecule has 1 amide bonds. The molecule has 4 rings (SSSR count). The molecule has 6 nitrogen and oxygen atoms in total. The fraction of sp³-hybridized carbons (Fsp3) is 0.208. The molecule has 0 fully saturated rings. The van der Waals surface area contributed by atoms with Crippen molar-refractivity contribution in [1.29, 1.82) is 0 Å². The van der Waals surface area contributed by atoms with Crippen LogP contribution in [0.1, 0.15) is 28.4 Å². The van der Waals surface area contributed by atoms with Gasteiger partial charge >= 0.3 is 0 Å². The van der Waals surface area contributed by atoms with E-state index in [4.69, 9.17) is 4.74 Å². The average Bonchev–Trinajstić information content (AvgIpc) is 3.09. The van der Waals surface area contributed by atoms with Crippen molar-refractivity contribution >= 4 is 27.3 Å². The van der Waals surface area contributed by atoms with Crippen LogP contribution in [0.5, 0.6) is 5.75 Å².